The lowest BCUT2D eigenvalue weighted by Crippen LogP contribution is -2.44. The summed E-state index contributed by atoms with van der Waals surface area (Å²) in [5.74, 6) is 0.797. The molecule has 1 aromatic heterocycles. The number of morpholine rings is 1. The van der Waals surface area contributed by atoms with Crippen molar-refractivity contribution in [3.63, 3.8) is 0 Å². The van der Waals surface area contributed by atoms with Crippen LogP contribution in [0, 0.1) is 0 Å². The standard InChI is InChI=1S/C12H15ClN3O2S/c1-8-7-18-5-4-16(8)10-6-9(14-11(13)15-10)12(19-17)2-3-12/h6,8H,2-5,7H2,1H3/q+1/t8-/m1/s1. The van der Waals surface area contributed by atoms with E-state index >= 15 is 0 Å². The SMILES string of the molecule is C[C@@H]1COCCN1c1cc(C2([S+]=O)CC2)nc(Cl)n1. The van der Waals surface area contributed by atoms with Crippen molar-refractivity contribution in [2.45, 2.75) is 30.6 Å². The summed E-state index contributed by atoms with van der Waals surface area (Å²) in [6.07, 6.45) is 1.74. The molecule has 1 saturated carbocycles. The van der Waals surface area contributed by atoms with Gasteiger partial charge < -0.3 is 9.64 Å². The van der Waals surface area contributed by atoms with E-state index in [1.165, 1.54) is 0 Å². The van der Waals surface area contributed by atoms with E-state index in [4.69, 9.17) is 16.3 Å². The maximum absolute atomic E-state index is 11.3. The Morgan fingerprint density at radius 3 is 2.95 bits per heavy atom. The average Bonchev–Trinajstić information content (AvgIpc) is 3.19. The van der Waals surface area contributed by atoms with E-state index in [9.17, 15) is 4.21 Å². The molecule has 19 heavy (non-hydrogen) atoms. The molecule has 1 saturated heterocycles. The Labute approximate surface area is 120 Å². The second-order valence-electron chi connectivity index (χ2n) is 5.08. The number of hydrogen-bond donors (Lipinski definition) is 0. The minimum absolute atomic E-state index is 0.214. The van der Waals surface area contributed by atoms with Gasteiger partial charge in [0, 0.05) is 29.7 Å². The lowest BCUT2D eigenvalue weighted by Gasteiger charge is -2.34. The highest BCUT2D eigenvalue weighted by Crippen LogP contribution is 2.47. The normalized spacial score (nSPS) is 25.2. The van der Waals surface area contributed by atoms with E-state index in [1.807, 2.05) is 6.07 Å². The van der Waals surface area contributed by atoms with Crippen molar-refractivity contribution in [3.05, 3.63) is 17.0 Å². The van der Waals surface area contributed by atoms with Crippen molar-refractivity contribution < 1.29 is 8.95 Å². The van der Waals surface area contributed by atoms with Gasteiger partial charge in [-0.25, -0.2) is 9.97 Å². The molecule has 2 aliphatic rings. The Kier molecular flexibility index (Phi) is 3.41. The summed E-state index contributed by atoms with van der Waals surface area (Å²) in [6.45, 7) is 4.23. The number of rotatable bonds is 3. The molecule has 0 radical (unpaired) electrons. The van der Waals surface area contributed by atoms with Gasteiger partial charge in [-0.2, -0.15) is 0 Å². The van der Waals surface area contributed by atoms with Crippen LogP contribution in [-0.2, 0) is 25.4 Å². The van der Waals surface area contributed by atoms with Crippen molar-refractivity contribution >= 4 is 29.1 Å². The van der Waals surface area contributed by atoms with Crippen LogP contribution < -0.4 is 4.90 Å². The first-order valence-electron chi connectivity index (χ1n) is 6.35. The molecule has 1 aliphatic heterocycles. The lowest BCUT2D eigenvalue weighted by atomic mass is 10.2. The number of nitrogens with zero attached hydrogens (tertiary/aromatic N) is 3. The first-order chi connectivity index (χ1) is 9.14. The Morgan fingerprint density at radius 1 is 1.53 bits per heavy atom. The Morgan fingerprint density at radius 2 is 2.32 bits per heavy atom. The summed E-state index contributed by atoms with van der Waals surface area (Å²) < 4.78 is 16.3. The molecule has 0 unspecified atom stereocenters. The summed E-state index contributed by atoms with van der Waals surface area (Å²) in [5.41, 5.74) is 0.765. The maximum Gasteiger partial charge on any atom is 0.472 e. The van der Waals surface area contributed by atoms with Crippen LogP contribution in [-0.4, -0.2) is 35.8 Å². The molecule has 0 aromatic carbocycles. The van der Waals surface area contributed by atoms with Crippen LogP contribution >= 0.6 is 11.6 Å². The monoisotopic (exact) mass is 300 g/mol. The highest BCUT2D eigenvalue weighted by Gasteiger charge is 2.61. The fourth-order valence-corrected chi connectivity index (χ4v) is 2.99. The number of halogens is 1. The van der Waals surface area contributed by atoms with Gasteiger partial charge in [-0.3, -0.25) is 0 Å². The van der Waals surface area contributed by atoms with E-state index in [-0.39, 0.29) is 16.1 Å². The molecule has 2 heterocycles. The van der Waals surface area contributed by atoms with Gasteiger partial charge in [-0.05, 0) is 18.5 Å². The zero-order chi connectivity index (χ0) is 13.5. The van der Waals surface area contributed by atoms with Gasteiger partial charge in [-0.15, -0.1) is 0 Å². The van der Waals surface area contributed by atoms with Crippen LogP contribution in [0.15, 0.2) is 6.07 Å². The summed E-state index contributed by atoms with van der Waals surface area (Å²) in [7, 11) is 0. The summed E-state index contributed by atoms with van der Waals surface area (Å²) in [4.78, 5) is 10.7. The van der Waals surface area contributed by atoms with Crippen molar-refractivity contribution in [2.24, 2.45) is 0 Å². The van der Waals surface area contributed by atoms with E-state index in [2.05, 4.69) is 21.8 Å². The molecule has 1 atom stereocenters. The van der Waals surface area contributed by atoms with Crippen molar-refractivity contribution in [3.8, 4) is 0 Å². The lowest BCUT2D eigenvalue weighted by molar-refractivity contribution is 0.0985. The van der Waals surface area contributed by atoms with Crippen LogP contribution in [0.1, 0.15) is 25.5 Å². The van der Waals surface area contributed by atoms with Crippen LogP contribution in [0.4, 0.5) is 5.82 Å². The summed E-state index contributed by atoms with van der Waals surface area (Å²) in [5, 5.41) is 0.214. The van der Waals surface area contributed by atoms with Crippen molar-refractivity contribution in [2.75, 3.05) is 24.7 Å². The van der Waals surface area contributed by atoms with E-state index in [0.29, 0.717) is 24.9 Å². The third-order valence-electron chi connectivity index (χ3n) is 3.68. The van der Waals surface area contributed by atoms with Crippen molar-refractivity contribution in [1.82, 2.24) is 9.97 Å². The Hall–Kier alpha value is -0.850. The molecular weight excluding hydrogens is 286 g/mol. The number of aromatic nitrogens is 2. The minimum Gasteiger partial charge on any atom is -0.377 e. The quantitative estimate of drug-likeness (QED) is 0.629. The number of hydrogen-bond acceptors (Lipinski definition) is 5. The summed E-state index contributed by atoms with van der Waals surface area (Å²) >= 11 is 6.63. The van der Waals surface area contributed by atoms with Crippen LogP contribution in [0.3, 0.4) is 0 Å². The fraction of sp³-hybridized carbons (Fsp3) is 0.667. The maximum atomic E-state index is 11.3. The van der Waals surface area contributed by atoms with E-state index < -0.39 is 0 Å². The zero-order valence-corrected chi connectivity index (χ0v) is 12.2. The predicted octanol–water partition coefficient (Wildman–Crippen LogP) is 1.77. The second kappa shape index (κ2) is 4.92. The van der Waals surface area contributed by atoms with Gasteiger partial charge in [0.1, 0.15) is 11.5 Å². The van der Waals surface area contributed by atoms with Gasteiger partial charge in [0.25, 0.3) is 4.75 Å². The number of anilines is 1. The third kappa shape index (κ3) is 2.44. The average molecular weight is 301 g/mol. The molecule has 1 aliphatic carbocycles. The van der Waals surface area contributed by atoms with Gasteiger partial charge in [0.15, 0.2) is 0 Å². The topological polar surface area (TPSA) is 55.3 Å². The zero-order valence-electron chi connectivity index (χ0n) is 10.6. The molecule has 7 heteroatoms. The molecule has 102 valence electrons. The molecule has 1 aromatic rings. The van der Waals surface area contributed by atoms with Gasteiger partial charge in [0.2, 0.25) is 5.28 Å². The highest BCUT2D eigenvalue weighted by molar-refractivity contribution is 7.67. The molecule has 0 spiro atoms. The molecular formula is C12H15ClN3O2S+. The van der Waals surface area contributed by atoms with E-state index in [1.54, 1.807) is 0 Å². The highest BCUT2D eigenvalue weighted by atomic mass is 35.5. The molecule has 0 amide bonds. The Balaban J connectivity index is 1.95. The van der Waals surface area contributed by atoms with Crippen LogP contribution in [0.25, 0.3) is 0 Å². The van der Waals surface area contributed by atoms with Gasteiger partial charge in [0.05, 0.1) is 19.3 Å². The first-order valence-corrected chi connectivity index (χ1v) is 7.47. The smallest absolute Gasteiger partial charge is 0.377 e. The van der Waals surface area contributed by atoms with Gasteiger partial charge >= 0.3 is 11.7 Å². The Bertz CT molecular complexity index is 510. The van der Waals surface area contributed by atoms with E-state index in [0.717, 1.165) is 30.9 Å². The largest absolute Gasteiger partial charge is 0.472 e. The van der Waals surface area contributed by atoms with Crippen molar-refractivity contribution in [1.29, 1.82) is 0 Å². The predicted molar refractivity (Wildman–Crippen MR) is 73.6 cm³/mol. The van der Waals surface area contributed by atoms with Crippen LogP contribution in [0.5, 0.6) is 0 Å². The first kappa shape index (κ1) is 13.1. The number of ether oxygens (including phenoxy) is 1. The molecule has 0 N–H and O–H groups in total. The summed E-state index contributed by atoms with van der Waals surface area (Å²) in [6, 6.07) is 2.16. The second-order valence-corrected chi connectivity index (χ2v) is 6.36. The third-order valence-corrected chi connectivity index (χ3v) is 4.78. The molecule has 5 nitrogen and oxygen atoms in total. The van der Waals surface area contributed by atoms with Gasteiger partial charge in [-0.1, -0.05) is 0 Å². The molecule has 2 fully saturated rings. The molecule has 3 rings (SSSR count). The molecule has 0 bridgehead atoms. The minimum atomic E-state index is -0.378. The fourth-order valence-electron chi connectivity index (χ4n) is 2.35. The van der Waals surface area contributed by atoms with Crippen LogP contribution in [0.2, 0.25) is 5.28 Å².